The van der Waals surface area contributed by atoms with Crippen molar-refractivity contribution in [2.75, 3.05) is 18.8 Å². The predicted molar refractivity (Wildman–Crippen MR) is 74.6 cm³/mol. The lowest BCUT2D eigenvalue weighted by Gasteiger charge is -2.26. The van der Waals surface area contributed by atoms with Gasteiger partial charge in [-0.05, 0) is 12.0 Å². The van der Waals surface area contributed by atoms with Crippen molar-refractivity contribution in [2.24, 2.45) is 13.0 Å². The van der Waals surface area contributed by atoms with Crippen LogP contribution in [0.3, 0.4) is 0 Å². The Bertz CT molecular complexity index is 702. The second kappa shape index (κ2) is 4.61. The third-order valence-electron chi connectivity index (χ3n) is 3.55. The summed E-state index contributed by atoms with van der Waals surface area (Å²) in [4.78, 5) is 0. The number of hydrogen-bond donors (Lipinski definition) is 1. The Morgan fingerprint density at radius 1 is 1.37 bits per heavy atom. The molecular weight excluding hydrogens is 262 g/mol. The smallest absolute Gasteiger partial charge is 0.156 e. The number of nitrogens with one attached hydrogen (secondary N) is 1. The van der Waals surface area contributed by atoms with Crippen LogP contribution in [0.25, 0.3) is 10.9 Å². The fraction of sp³-hybridized carbons (Fsp3) is 0.462. The highest BCUT2D eigenvalue weighted by atomic mass is 32.2. The summed E-state index contributed by atoms with van der Waals surface area (Å²) in [7, 11) is -1.25. The van der Waals surface area contributed by atoms with E-state index in [-0.39, 0.29) is 17.4 Å². The number of benzene rings is 1. The zero-order valence-electron chi connectivity index (χ0n) is 10.8. The maximum absolute atomic E-state index is 12.2. The molecule has 0 unspecified atom stereocenters. The molecule has 0 atom stereocenters. The first-order valence-corrected chi connectivity index (χ1v) is 8.19. The number of aryl methyl sites for hydroxylation is 1. The average molecular weight is 279 g/mol. The molecule has 1 aromatic heterocycles. The fourth-order valence-corrected chi connectivity index (χ4v) is 4.19. The summed E-state index contributed by atoms with van der Waals surface area (Å²) < 4.78 is 26.1. The second-order valence-electron chi connectivity index (χ2n) is 5.17. The van der Waals surface area contributed by atoms with Gasteiger partial charge in [0.2, 0.25) is 0 Å². The van der Waals surface area contributed by atoms with E-state index in [2.05, 4.69) is 10.4 Å². The molecule has 0 radical (unpaired) electrons. The molecular formula is C13H17N3O2S. The van der Waals surface area contributed by atoms with Gasteiger partial charge in [0.25, 0.3) is 0 Å². The molecule has 1 fully saturated rings. The standard InChI is InChI=1S/C13H17N3O2S/c1-16-13-5-3-2-4-11(13)12(15-16)9-19(17,18)8-10-6-14-7-10/h2-5,10,14H,6-9H2,1H3. The van der Waals surface area contributed by atoms with E-state index in [4.69, 9.17) is 0 Å². The second-order valence-corrected chi connectivity index (χ2v) is 7.28. The van der Waals surface area contributed by atoms with E-state index in [1.165, 1.54) is 0 Å². The summed E-state index contributed by atoms with van der Waals surface area (Å²) in [6.45, 7) is 1.62. The van der Waals surface area contributed by atoms with Gasteiger partial charge in [-0.2, -0.15) is 5.10 Å². The fourth-order valence-electron chi connectivity index (χ4n) is 2.49. The number of para-hydroxylation sites is 1. The minimum atomic E-state index is -3.09. The van der Waals surface area contributed by atoms with Crippen molar-refractivity contribution in [2.45, 2.75) is 5.75 Å². The molecule has 2 heterocycles. The Morgan fingerprint density at radius 3 is 2.79 bits per heavy atom. The van der Waals surface area contributed by atoms with Crippen molar-refractivity contribution in [3.8, 4) is 0 Å². The molecule has 1 aromatic carbocycles. The van der Waals surface area contributed by atoms with Crippen molar-refractivity contribution in [3.63, 3.8) is 0 Å². The van der Waals surface area contributed by atoms with Crippen LogP contribution in [0.1, 0.15) is 5.69 Å². The topological polar surface area (TPSA) is 64.0 Å². The van der Waals surface area contributed by atoms with E-state index in [1.54, 1.807) is 4.68 Å². The van der Waals surface area contributed by atoms with Gasteiger partial charge in [0, 0.05) is 25.5 Å². The largest absolute Gasteiger partial charge is 0.316 e. The van der Waals surface area contributed by atoms with E-state index in [0.717, 1.165) is 24.0 Å². The van der Waals surface area contributed by atoms with E-state index >= 15 is 0 Å². The van der Waals surface area contributed by atoms with Crippen molar-refractivity contribution >= 4 is 20.7 Å². The van der Waals surface area contributed by atoms with Gasteiger partial charge in [0.05, 0.1) is 22.7 Å². The van der Waals surface area contributed by atoms with Crippen LogP contribution < -0.4 is 5.32 Å². The number of aromatic nitrogens is 2. The zero-order valence-corrected chi connectivity index (χ0v) is 11.7. The van der Waals surface area contributed by atoms with Crippen molar-refractivity contribution < 1.29 is 8.42 Å². The van der Waals surface area contributed by atoms with Gasteiger partial charge in [0.15, 0.2) is 9.84 Å². The lowest BCUT2D eigenvalue weighted by molar-refractivity contribution is 0.378. The number of fused-ring (bicyclic) bond motifs is 1. The number of rotatable bonds is 4. The average Bonchev–Trinajstić information content (AvgIpc) is 2.62. The van der Waals surface area contributed by atoms with Crippen LogP contribution in [0.15, 0.2) is 24.3 Å². The van der Waals surface area contributed by atoms with Crippen LogP contribution in [-0.4, -0.2) is 37.0 Å². The predicted octanol–water partition coefficient (Wildman–Crippen LogP) is 0.708. The molecule has 0 saturated carbocycles. The Balaban J connectivity index is 1.88. The van der Waals surface area contributed by atoms with E-state index in [0.29, 0.717) is 5.69 Å². The first-order valence-electron chi connectivity index (χ1n) is 6.37. The highest BCUT2D eigenvalue weighted by molar-refractivity contribution is 7.90. The monoisotopic (exact) mass is 279 g/mol. The summed E-state index contributed by atoms with van der Waals surface area (Å²) in [5.74, 6) is 0.551. The van der Waals surface area contributed by atoms with Gasteiger partial charge in [-0.25, -0.2) is 8.42 Å². The number of sulfone groups is 1. The van der Waals surface area contributed by atoms with Gasteiger partial charge >= 0.3 is 0 Å². The highest BCUT2D eigenvalue weighted by Gasteiger charge is 2.25. The molecule has 19 heavy (non-hydrogen) atoms. The van der Waals surface area contributed by atoms with Crippen LogP contribution in [0.2, 0.25) is 0 Å². The minimum Gasteiger partial charge on any atom is -0.316 e. The summed E-state index contributed by atoms with van der Waals surface area (Å²) in [6, 6.07) is 7.73. The molecule has 5 nitrogen and oxygen atoms in total. The first kappa shape index (κ1) is 12.6. The lowest BCUT2D eigenvalue weighted by Crippen LogP contribution is -2.45. The molecule has 6 heteroatoms. The summed E-state index contributed by atoms with van der Waals surface area (Å²) >= 11 is 0. The minimum absolute atomic E-state index is 0.0326. The van der Waals surface area contributed by atoms with Crippen LogP contribution in [0.5, 0.6) is 0 Å². The third kappa shape index (κ3) is 2.50. The van der Waals surface area contributed by atoms with E-state index in [1.807, 2.05) is 31.3 Å². The van der Waals surface area contributed by atoms with Gasteiger partial charge in [-0.1, -0.05) is 18.2 Å². The zero-order chi connectivity index (χ0) is 13.5. The summed E-state index contributed by atoms with van der Waals surface area (Å²) in [5.41, 5.74) is 1.63. The Hall–Kier alpha value is -1.40. The molecule has 1 aliphatic heterocycles. The van der Waals surface area contributed by atoms with Crippen LogP contribution >= 0.6 is 0 Å². The third-order valence-corrected chi connectivity index (χ3v) is 5.24. The van der Waals surface area contributed by atoms with Gasteiger partial charge < -0.3 is 5.32 Å². The van der Waals surface area contributed by atoms with E-state index < -0.39 is 9.84 Å². The van der Waals surface area contributed by atoms with Crippen LogP contribution in [-0.2, 0) is 22.6 Å². The van der Waals surface area contributed by atoms with Crippen molar-refractivity contribution in [3.05, 3.63) is 30.0 Å². The molecule has 1 aliphatic rings. The summed E-state index contributed by atoms with van der Waals surface area (Å²) in [5, 5.41) is 8.38. The van der Waals surface area contributed by atoms with Gasteiger partial charge in [-0.15, -0.1) is 0 Å². The molecule has 1 saturated heterocycles. The number of nitrogens with zero attached hydrogens (tertiary/aromatic N) is 2. The Labute approximate surface area is 112 Å². The summed E-state index contributed by atoms with van der Waals surface area (Å²) in [6.07, 6.45) is 0. The molecule has 102 valence electrons. The van der Waals surface area contributed by atoms with Gasteiger partial charge in [-0.3, -0.25) is 4.68 Å². The Kier molecular flexibility index (Phi) is 3.06. The molecule has 0 amide bonds. The maximum atomic E-state index is 12.2. The molecule has 0 bridgehead atoms. The lowest BCUT2D eigenvalue weighted by atomic mass is 10.1. The van der Waals surface area contributed by atoms with Crippen molar-refractivity contribution in [1.82, 2.24) is 15.1 Å². The van der Waals surface area contributed by atoms with Gasteiger partial charge in [0.1, 0.15) is 0 Å². The van der Waals surface area contributed by atoms with Crippen molar-refractivity contribution in [1.29, 1.82) is 0 Å². The SMILES string of the molecule is Cn1nc(CS(=O)(=O)CC2CNC2)c2ccccc21. The molecule has 0 spiro atoms. The maximum Gasteiger partial charge on any atom is 0.156 e. The van der Waals surface area contributed by atoms with Crippen LogP contribution in [0.4, 0.5) is 0 Å². The van der Waals surface area contributed by atoms with Crippen LogP contribution in [0, 0.1) is 5.92 Å². The quantitative estimate of drug-likeness (QED) is 0.895. The number of hydrogen-bond acceptors (Lipinski definition) is 4. The van der Waals surface area contributed by atoms with E-state index in [9.17, 15) is 8.42 Å². The normalized spacial score (nSPS) is 16.7. The molecule has 3 rings (SSSR count). The highest BCUT2D eigenvalue weighted by Crippen LogP contribution is 2.20. The Morgan fingerprint density at radius 2 is 2.11 bits per heavy atom. The molecule has 0 aliphatic carbocycles. The first-order chi connectivity index (χ1) is 9.05. The molecule has 2 aromatic rings. The molecule has 1 N–H and O–H groups in total.